The van der Waals surface area contributed by atoms with Gasteiger partial charge in [-0.05, 0) is 48.9 Å². The summed E-state index contributed by atoms with van der Waals surface area (Å²) < 4.78 is 0. The van der Waals surface area contributed by atoms with E-state index in [1.54, 1.807) is 11.8 Å². The number of anilines is 1. The quantitative estimate of drug-likeness (QED) is 0.898. The first-order valence-electron chi connectivity index (χ1n) is 6.45. The molecule has 1 amide bonds. The van der Waals surface area contributed by atoms with Crippen molar-refractivity contribution >= 4 is 23.4 Å². The summed E-state index contributed by atoms with van der Waals surface area (Å²) in [7, 11) is 0. The number of amides is 1. The minimum absolute atomic E-state index is 0.0584. The van der Waals surface area contributed by atoms with Gasteiger partial charge in [0.25, 0.3) is 0 Å². The molecule has 0 fully saturated rings. The maximum absolute atomic E-state index is 10.9. The first-order chi connectivity index (χ1) is 9.54. The van der Waals surface area contributed by atoms with Crippen LogP contribution in [0.1, 0.15) is 25.5 Å². The van der Waals surface area contributed by atoms with Gasteiger partial charge in [0.15, 0.2) is 0 Å². The predicted molar refractivity (Wildman–Crippen MR) is 83.9 cm³/mol. The number of carbonyl (C=O) groups is 1. The molecule has 0 spiro atoms. The third-order valence-electron chi connectivity index (χ3n) is 2.82. The number of hydrogen-bond acceptors (Lipinski definition) is 3. The van der Waals surface area contributed by atoms with Crippen LogP contribution in [0, 0.1) is 0 Å². The average molecular weight is 286 g/mol. The lowest BCUT2D eigenvalue weighted by molar-refractivity contribution is -0.114. The molecular weight excluding hydrogens is 268 g/mol. The zero-order chi connectivity index (χ0) is 14.5. The van der Waals surface area contributed by atoms with Gasteiger partial charge in [-0.25, -0.2) is 0 Å². The van der Waals surface area contributed by atoms with E-state index in [-0.39, 0.29) is 11.9 Å². The molecule has 0 aliphatic carbocycles. The van der Waals surface area contributed by atoms with Gasteiger partial charge in [0.05, 0.1) is 0 Å². The van der Waals surface area contributed by atoms with Gasteiger partial charge in [-0.2, -0.15) is 0 Å². The first kappa shape index (κ1) is 14.6. The molecule has 0 unspecified atom stereocenters. The van der Waals surface area contributed by atoms with Crippen molar-refractivity contribution in [2.75, 3.05) is 5.32 Å². The van der Waals surface area contributed by atoms with E-state index in [0.717, 1.165) is 16.1 Å². The van der Waals surface area contributed by atoms with Gasteiger partial charge in [-0.15, -0.1) is 0 Å². The number of nitrogens with one attached hydrogen (secondary N) is 1. The summed E-state index contributed by atoms with van der Waals surface area (Å²) >= 11 is 1.68. The van der Waals surface area contributed by atoms with Gasteiger partial charge in [0, 0.05) is 28.4 Å². The summed E-state index contributed by atoms with van der Waals surface area (Å²) in [5, 5.41) is 2.75. The number of hydrogen-bond donors (Lipinski definition) is 2. The normalized spacial score (nSPS) is 11.9. The molecule has 0 aromatic heterocycles. The third-order valence-corrected chi connectivity index (χ3v) is 3.83. The molecule has 2 aromatic carbocycles. The summed E-state index contributed by atoms with van der Waals surface area (Å²) in [6.45, 7) is 3.48. The molecule has 0 radical (unpaired) electrons. The summed E-state index contributed by atoms with van der Waals surface area (Å²) in [5.41, 5.74) is 7.78. The molecule has 2 rings (SSSR count). The van der Waals surface area contributed by atoms with Crippen molar-refractivity contribution in [3.63, 3.8) is 0 Å². The van der Waals surface area contributed by atoms with Crippen LogP contribution in [-0.4, -0.2) is 5.91 Å². The fraction of sp³-hybridized carbons (Fsp3) is 0.188. The molecule has 20 heavy (non-hydrogen) atoms. The zero-order valence-corrected chi connectivity index (χ0v) is 12.4. The van der Waals surface area contributed by atoms with Crippen molar-refractivity contribution in [3.8, 4) is 0 Å². The molecule has 0 heterocycles. The van der Waals surface area contributed by atoms with E-state index in [1.165, 1.54) is 11.8 Å². The highest BCUT2D eigenvalue weighted by Gasteiger charge is 2.01. The fourth-order valence-electron chi connectivity index (χ4n) is 1.79. The monoisotopic (exact) mass is 286 g/mol. The van der Waals surface area contributed by atoms with Crippen molar-refractivity contribution < 1.29 is 4.79 Å². The molecule has 0 aliphatic heterocycles. The average Bonchev–Trinajstić information content (AvgIpc) is 2.41. The van der Waals surface area contributed by atoms with Crippen molar-refractivity contribution in [1.82, 2.24) is 0 Å². The highest BCUT2D eigenvalue weighted by Crippen LogP contribution is 2.29. The van der Waals surface area contributed by atoms with Crippen molar-refractivity contribution in [2.24, 2.45) is 5.73 Å². The first-order valence-corrected chi connectivity index (χ1v) is 7.27. The molecule has 2 aromatic rings. The summed E-state index contributed by atoms with van der Waals surface area (Å²) in [5.74, 6) is -0.0584. The van der Waals surface area contributed by atoms with Crippen LogP contribution < -0.4 is 11.1 Å². The summed E-state index contributed by atoms with van der Waals surface area (Å²) in [6.07, 6.45) is 0. The van der Waals surface area contributed by atoms with Crippen LogP contribution in [0.4, 0.5) is 5.69 Å². The van der Waals surface area contributed by atoms with Crippen LogP contribution in [0.15, 0.2) is 58.3 Å². The molecule has 4 heteroatoms. The largest absolute Gasteiger partial charge is 0.326 e. The minimum Gasteiger partial charge on any atom is -0.326 e. The third kappa shape index (κ3) is 4.11. The van der Waals surface area contributed by atoms with Gasteiger partial charge in [0.2, 0.25) is 5.91 Å². The van der Waals surface area contributed by atoms with Gasteiger partial charge in [-0.3, -0.25) is 4.79 Å². The van der Waals surface area contributed by atoms with E-state index in [1.807, 2.05) is 31.2 Å². The van der Waals surface area contributed by atoms with Crippen molar-refractivity contribution in [3.05, 3.63) is 54.1 Å². The van der Waals surface area contributed by atoms with Crippen LogP contribution in [0.2, 0.25) is 0 Å². The lowest BCUT2D eigenvalue weighted by atomic mass is 10.1. The second-order valence-electron chi connectivity index (χ2n) is 4.67. The topological polar surface area (TPSA) is 55.1 Å². The minimum atomic E-state index is -0.0584. The van der Waals surface area contributed by atoms with E-state index >= 15 is 0 Å². The van der Waals surface area contributed by atoms with Crippen LogP contribution in [0.3, 0.4) is 0 Å². The Kier molecular flexibility index (Phi) is 4.82. The van der Waals surface area contributed by atoms with Crippen molar-refractivity contribution in [1.29, 1.82) is 0 Å². The number of nitrogens with two attached hydrogens (primary N) is 1. The SMILES string of the molecule is CC(=O)Nc1ccc(Sc2ccc([C@H](C)N)cc2)cc1. The Morgan fingerprint density at radius 1 is 1.05 bits per heavy atom. The second kappa shape index (κ2) is 6.59. The molecule has 1 atom stereocenters. The Morgan fingerprint density at radius 3 is 2.00 bits per heavy atom. The van der Waals surface area contributed by atoms with E-state index in [0.29, 0.717) is 0 Å². The maximum atomic E-state index is 10.9. The highest BCUT2D eigenvalue weighted by atomic mass is 32.2. The lowest BCUT2D eigenvalue weighted by Gasteiger charge is -2.07. The molecular formula is C16H18N2OS. The van der Waals surface area contributed by atoms with E-state index in [4.69, 9.17) is 5.73 Å². The van der Waals surface area contributed by atoms with Crippen LogP contribution in [0.5, 0.6) is 0 Å². The smallest absolute Gasteiger partial charge is 0.221 e. The fourth-order valence-corrected chi connectivity index (χ4v) is 2.60. The number of benzene rings is 2. The Balaban J connectivity index is 2.04. The Hall–Kier alpha value is -1.78. The molecule has 0 saturated carbocycles. The number of carbonyl (C=O) groups excluding carboxylic acids is 1. The Bertz CT molecular complexity index is 576. The number of rotatable bonds is 4. The zero-order valence-electron chi connectivity index (χ0n) is 11.6. The molecule has 3 nitrogen and oxygen atoms in total. The molecule has 0 bridgehead atoms. The predicted octanol–water partition coefficient (Wildman–Crippen LogP) is 3.82. The van der Waals surface area contributed by atoms with Gasteiger partial charge >= 0.3 is 0 Å². The van der Waals surface area contributed by atoms with Crippen LogP contribution in [0.25, 0.3) is 0 Å². The Morgan fingerprint density at radius 2 is 1.55 bits per heavy atom. The molecule has 104 valence electrons. The molecule has 0 saturated heterocycles. The second-order valence-corrected chi connectivity index (χ2v) is 5.81. The van der Waals surface area contributed by atoms with E-state index in [2.05, 4.69) is 29.6 Å². The van der Waals surface area contributed by atoms with Gasteiger partial charge in [0.1, 0.15) is 0 Å². The maximum Gasteiger partial charge on any atom is 0.221 e. The van der Waals surface area contributed by atoms with Crippen molar-refractivity contribution in [2.45, 2.75) is 29.7 Å². The van der Waals surface area contributed by atoms with Crippen LogP contribution in [-0.2, 0) is 4.79 Å². The van der Waals surface area contributed by atoms with E-state index in [9.17, 15) is 4.79 Å². The highest BCUT2D eigenvalue weighted by molar-refractivity contribution is 7.99. The molecule has 3 N–H and O–H groups in total. The summed E-state index contributed by atoms with van der Waals surface area (Å²) in [6, 6.07) is 16.1. The summed E-state index contributed by atoms with van der Waals surface area (Å²) in [4.78, 5) is 13.2. The van der Waals surface area contributed by atoms with Crippen LogP contribution >= 0.6 is 11.8 Å². The van der Waals surface area contributed by atoms with Gasteiger partial charge < -0.3 is 11.1 Å². The van der Waals surface area contributed by atoms with Gasteiger partial charge in [-0.1, -0.05) is 23.9 Å². The standard InChI is InChI=1S/C16H18N2OS/c1-11(17)13-3-7-15(8-4-13)20-16-9-5-14(6-10-16)18-12(2)19/h3-11H,17H2,1-2H3,(H,18,19)/t11-/m0/s1. The Labute approximate surface area is 123 Å². The van der Waals surface area contributed by atoms with E-state index < -0.39 is 0 Å². The molecule has 0 aliphatic rings. The lowest BCUT2D eigenvalue weighted by Crippen LogP contribution is -2.05.